The Labute approximate surface area is 132 Å². The van der Waals surface area contributed by atoms with Gasteiger partial charge in [-0.25, -0.2) is 0 Å². The lowest BCUT2D eigenvalue weighted by atomic mass is 10.2. The lowest BCUT2D eigenvalue weighted by molar-refractivity contribution is 0.396. The van der Waals surface area contributed by atoms with E-state index >= 15 is 0 Å². The quantitative estimate of drug-likeness (QED) is 0.372. The highest BCUT2D eigenvalue weighted by atomic mass is 127. The van der Waals surface area contributed by atoms with Crippen LogP contribution in [0.15, 0.2) is 41.9 Å². The number of rotatable bonds is 5. The van der Waals surface area contributed by atoms with Gasteiger partial charge >= 0.3 is 0 Å². The predicted molar refractivity (Wildman–Crippen MR) is 91.4 cm³/mol. The molecule has 0 fully saturated rings. The summed E-state index contributed by atoms with van der Waals surface area (Å²) in [7, 11) is 5.44. The second-order valence-corrected chi connectivity index (χ2v) is 3.88. The Bertz CT molecular complexity index is 421. The summed E-state index contributed by atoms with van der Waals surface area (Å²) in [5, 5.41) is 3.19. The van der Waals surface area contributed by atoms with Gasteiger partial charge in [0, 0.05) is 32.7 Å². The van der Waals surface area contributed by atoms with E-state index in [1.807, 2.05) is 36.2 Å². The van der Waals surface area contributed by atoms with Crippen molar-refractivity contribution in [1.82, 2.24) is 10.2 Å². The summed E-state index contributed by atoms with van der Waals surface area (Å²) in [6.07, 6.45) is 1.81. The molecule has 1 N–H and O–H groups in total. The highest BCUT2D eigenvalue weighted by molar-refractivity contribution is 14.0. The van der Waals surface area contributed by atoms with Gasteiger partial charge in [0.15, 0.2) is 5.96 Å². The standard InChI is InChI=1S/C14H21N3O.HI/c1-5-10-16-14(15-2)17(3)11-12-8-6-7-9-13(12)18-4;/h5-9H,1,10-11H2,2-4H3,(H,15,16);1H. The van der Waals surface area contributed by atoms with Crippen molar-refractivity contribution in [3.63, 3.8) is 0 Å². The zero-order valence-electron chi connectivity index (χ0n) is 11.7. The van der Waals surface area contributed by atoms with Gasteiger partial charge in [0.05, 0.1) is 7.11 Å². The fraction of sp³-hybridized carbons (Fsp3) is 0.357. The van der Waals surface area contributed by atoms with Crippen molar-refractivity contribution in [2.24, 2.45) is 4.99 Å². The summed E-state index contributed by atoms with van der Waals surface area (Å²) < 4.78 is 5.34. The number of nitrogens with zero attached hydrogens (tertiary/aromatic N) is 2. The first kappa shape index (κ1) is 17.8. The third-order valence-electron chi connectivity index (χ3n) is 2.58. The van der Waals surface area contributed by atoms with Gasteiger partial charge in [-0.15, -0.1) is 30.6 Å². The molecular formula is C14H22IN3O. The zero-order chi connectivity index (χ0) is 13.4. The molecule has 19 heavy (non-hydrogen) atoms. The van der Waals surface area contributed by atoms with Gasteiger partial charge in [-0.3, -0.25) is 4.99 Å². The van der Waals surface area contributed by atoms with Crippen molar-refractivity contribution in [1.29, 1.82) is 0 Å². The normalized spacial score (nSPS) is 10.4. The van der Waals surface area contributed by atoms with E-state index in [1.54, 1.807) is 14.2 Å². The van der Waals surface area contributed by atoms with Crippen LogP contribution in [0.3, 0.4) is 0 Å². The molecule has 1 aromatic carbocycles. The van der Waals surface area contributed by atoms with E-state index in [0.717, 1.165) is 23.8 Å². The Kier molecular flexibility index (Phi) is 9.03. The number of aliphatic imine (C=N–C) groups is 1. The van der Waals surface area contributed by atoms with Crippen LogP contribution in [0.1, 0.15) is 5.56 Å². The maximum atomic E-state index is 5.34. The molecule has 0 saturated heterocycles. The minimum atomic E-state index is 0. The van der Waals surface area contributed by atoms with Crippen LogP contribution in [0, 0.1) is 0 Å². The largest absolute Gasteiger partial charge is 0.496 e. The Morgan fingerprint density at radius 1 is 1.47 bits per heavy atom. The number of halogens is 1. The van der Waals surface area contributed by atoms with Crippen LogP contribution in [0.4, 0.5) is 0 Å². The lowest BCUT2D eigenvalue weighted by Gasteiger charge is -2.22. The maximum Gasteiger partial charge on any atom is 0.193 e. The molecule has 0 radical (unpaired) electrons. The molecule has 0 saturated carbocycles. The minimum absolute atomic E-state index is 0. The van der Waals surface area contributed by atoms with Gasteiger partial charge in [0.2, 0.25) is 0 Å². The Balaban J connectivity index is 0.00000324. The number of hydrogen-bond acceptors (Lipinski definition) is 2. The summed E-state index contributed by atoms with van der Waals surface area (Å²) in [4.78, 5) is 6.26. The average Bonchev–Trinajstić information content (AvgIpc) is 2.40. The molecular weight excluding hydrogens is 353 g/mol. The number of para-hydroxylation sites is 1. The number of methoxy groups -OCH3 is 1. The van der Waals surface area contributed by atoms with Crippen molar-refractivity contribution < 1.29 is 4.74 Å². The van der Waals surface area contributed by atoms with E-state index in [2.05, 4.69) is 23.0 Å². The third-order valence-corrected chi connectivity index (χ3v) is 2.58. The van der Waals surface area contributed by atoms with Gasteiger partial charge in [0.25, 0.3) is 0 Å². The van der Waals surface area contributed by atoms with Gasteiger partial charge in [-0.05, 0) is 6.07 Å². The molecule has 0 heterocycles. The summed E-state index contributed by atoms with van der Waals surface area (Å²) in [6.45, 7) is 5.12. The maximum absolute atomic E-state index is 5.34. The van der Waals surface area contributed by atoms with Crippen LogP contribution in [0.5, 0.6) is 5.75 Å². The topological polar surface area (TPSA) is 36.9 Å². The van der Waals surface area contributed by atoms with Crippen LogP contribution in [-0.2, 0) is 6.54 Å². The Morgan fingerprint density at radius 2 is 2.16 bits per heavy atom. The molecule has 0 amide bonds. The molecule has 0 bridgehead atoms. The molecule has 5 heteroatoms. The molecule has 0 aliphatic heterocycles. The number of hydrogen-bond donors (Lipinski definition) is 1. The van der Waals surface area contributed by atoms with Crippen molar-refractivity contribution in [3.8, 4) is 5.75 Å². The third kappa shape index (κ3) is 5.50. The first-order valence-corrected chi connectivity index (χ1v) is 5.87. The molecule has 0 aliphatic rings. The summed E-state index contributed by atoms with van der Waals surface area (Å²) in [5.74, 6) is 1.73. The van der Waals surface area contributed by atoms with E-state index in [4.69, 9.17) is 4.74 Å². The molecule has 4 nitrogen and oxygen atoms in total. The van der Waals surface area contributed by atoms with Crippen molar-refractivity contribution >= 4 is 29.9 Å². The summed E-state index contributed by atoms with van der Waals surface area (Å²) >= 11 is 0. The first-order chi connectivity index (χ1) is 8.72. The molecule has 1 aromatic rings. The van der Waals surface area contributed by atoms with Crippen molar-refractivity contribution in [2.75, 3.05) is 27.7 Å². The fourth-order valence-corrected chi connectivity index (χ4v) is 1.71. The number of ether oxygens (including phenoxy) is 1. The minimum Gasteiger partial charge on any atom is -0.496 e. The fourth-order valence-electron chi connectivity index (χ4n) is 1.71. The van der Waals surface area contributed by atoms with Crippen LogP contribution in [0.2, 0.25) is 0 Å². The smallest absolute Gasteiger partial charge is 0.193 e. The molecule has 0 aliphatic carbocycles. The van der Waals surface area contributed by atoms with E-state index in [-0.39, 0.29) is 24.0 Å². The first-order valence-electron chi connectivity index (χ1n) is 5.87. The van der Waals surface area contributed by atoms with Gasteiger partial charge in [-0.2, -0.15) is 0 Å². The molecule has 0 spiro atoms. The molecule has 106 valence electrons. The average molecular weight is 375 g/mol. The van der Waals surface area contributed by atoms with E-state index in [0.29, 0.717) is 6.54 Å². The van der Waals surface area contributed by atoms with Crippen LogP contribution >= 0.6 is 24.0 Å². The van der Waals surface area contributed by atoms with Crippen LogP contribution in [-0.4, -0.2) is 38.6 Å². The van der Waals surface area contributed by atoms with Gasteiger partial charge in [0.1, 0.15) is 5.75 Å². The second kappa shape index (κ2) is 9.66. The van der Waals surface area contributed by atoms with E-state index in [9.17, 15) is 0 Å². The van der Waals surface area contributed by atoms with Gasteiger partial charge in [-0.1, -0.05) is 24.3 Å². The van der Waals surface area contributed by atoms with Crippen LogP contribution in [0.25, 0.3) is 0 Å². The highest BCUT2D eigenvalue weighted by Crippen LogP contribution is 2.18. The van der Waals surface area contributed by atoms with Crippen LogP contribution < -0.4 is 10.1 Å². The monoisotopic (exact) mass is 375 g/mol. The Hall–Kier alpha value is -1.24. The van der Waals surface area contributed by atoms with Crippen molar-refractivity contribution in [3.05, 3.63) is 42.5 Å². The van der Waals surface area contributed by atoms with Crippen molar-refractivity contribution in [2.45, 2.75) is 6.54 Å². The summed E-state index contributed by atoms with van der Waals surface area (Å²) in [5.41, 5.74) is 1.13. The number of guanidine groups is 1. The Morgan fingerprint density at radius 3 is 2.74 bits per heavy atom. The van der Waals surface area contributed by atoms with E-state index in [1.165, 1.54) is 0 Å². The number of nitrogens with one attached hydrogen (secondary N) is 1. The highest BCUT2D eigenvalue weighted by Gasteiger charge is 2.08. The molecule has 0 aromatic heterocycles. The zero-order valence-corrected chi connectivity index (χ0v) is 14.0. The second-order valence-electron chi connectivity index (χ2n) is 3.88. The summed E-state index contributed by atoms with van der Waals surface area (Å²) in [6, 6.07) is 7.98. The number of benzene rings is 1. The molecule has 0 unspecified atom stereocenters. The lowest BCUT2D eigenvalue weighted by Crippen LogP contribution is -2.38. The molecule has 0 atom stereocenters. The van der Waals surface area contributed by atoms with E-state index < -0.39 is 0 Å². The SMILES string of the molecule is C=CCNC(=NC)N(C)Cc1ccccc1OC.I. The van der Waals surface area contributed by atoms with Gasteiger partial charge < -0.3 is 15.0 Å². The molecule has 1 rings (SSSR count). The predicted octanol–water partition coefficient (Wildman–Crippen LogP) is 2.51.